The number of amides is 1. The van der Waals surface area contributed by atoms with Crippen LogP contribution < -0.4 is 5.32 Å². The van der Waals surface area contributed by atoms with Crippen LogP contribution >= 0.6 is 11.6 Å². The summed E-state index contributed by atoms with van der Waals surface area (Å²) in [5.41, 5.74) is -0.272. The third-order valence-electron chi connectivity index (χ3n) is 3.48. The lowest BCUT2D eigenvalue weighted by Gasteiger charge is -2.28. The van der Waals surface area contributed by atoms with Gasteiger partial charge in [-0.2, -0.15) is 0 Å². The first-order valence-corrected chi connectivity index (χ1v) is 7.11. The second-order valence-corrected chi connectivity index (χ2v) is 5.39. The molecule has 0 aromatic rings. The molecule has 0 aliphatic carbocycles. The lowest BCUT2D eigenvalue weighted by molar-refractivity contribution is -0.123. The Labute approximate surface area is 109 Å². The molecule has 1 saturated heterocycles. The molecule has 1 aliphatic rings. The van der Waals surface area contributed by atoms with Crippen molar-refractivity contribution in [2.45, 2.75) is 64.0 Å². The Morgan fingerprint density at radius 1 is 1.53 bits per heavy atom. The summed E-state index contributed by atoms with van der Waals surface area (Å²) in [5, 5.41) is 3.01. The maximum absolute atomic E-state index is 11.8. The highest BCUT2D eigenvalue weighted by molar-refractivity contribution is 6.18. The number of hydrogen-bond donors (Lipinski definition) is 1. The molecule has 2 unspecified atom stereocenters. The highest BCUT2D eigenvalue weighted by Crippen LogP contribution is 2.17. The predicted octanol–water partition coefficient (Wildman–Crippen LogP) is 2.86. The second-order valence-electron chi connectivity index (χ2n) is 5.12. The van der Waals surface area contributed by atoms with Crippen molar-refractivity contribution in [2.75, 3.05) is 12.5 Å². The summed E-state index contributed by atoms with van der Waals surface area (Å²) >= 11 is 5.86. The van der Waals surface area contributed by atoms with Crippen LogP contribution in [-0.2, 0) is 9.53 Å². The Balaban J connectivity index is 2.24. The smallest absolute Gasteiger partial charge is 0.220 e. The average molecular weight is 262 g/mol. The topological polar surface area (TPSA) is 38.3 Å². The first-order valence-electron chi connectivity index (χ1n) is 6.58. The summed E-state index contributed by atoms with van der Waals surface area (Å²) in [7, 11) is 0. The van der Waals surface area contributed by atoms with E-state index in [1.807, 2.05) is 13.8 Å². The van der Waals surface area contributed by atoms with Gasteiger partial charge < -0.3 is 10.1 Å². The first-order chi connectivity index (χ1) is 8.09. The van der Waals surface area contributed by atoms with Gasteiger partial charge >= 0.3 is 0 Å². The standard InChI is InChI=1S/C13H24ClNO2/c1-3-13(2,10-14)15-12(16)8-7-11-6-4-5-9-17-11/h11H,3-10H2,1-2H3,(H,15,16). The van der Waals surface area contributed by atoms with E-state index < -0.39 is 0 Å². The summed E-state index contributed by atoms with van der Waals surface area (Å²) in [6.07, 6.45) is 5.96. The van der Waals surface area contributed by atoms with Crippen molar-refractivity contribution in [3.8, 4) is 0 Å². The third-order valence-corrected chi connectivity index (χ3v) is 4.07. The van der Waals surface area contributed by atoms with Crippen molar-refractivity contribution in [1.29, 1.82) is 0 Å². The number of alkyl halides is 1. The molecular weight excluding hydrogens is 238 g/mol. The van der Waals surface area contributed by atoms with Crippen LogP contribution in [0.4, 0.5) is 0 Å². The molecule has 4 heteroatoms. The Bertz CT molecular complexity index is 236. The normalized spacial score (nSPS) is 24.1. The zero-order valence-corrected chi connectivity index (χ0v) is 11.7. The van der Waals surface area contributed by atoms with Crippen LogP contribution in [0.2, 0.25) is 0 Å². The number of rotatable bonds is 6. The molecule has 0 spiro atoms. The first kappa shape index (κ1) is 14.8. The SMILES string of the molecule is CCC(C)(CCl)NC(=O)CCC1CCCCO1. The van der Waals surface area contributed by atoms with E-state index in [1.54, 1.807) is 0 Å². The van der Waals surface area contributed by atoms with Gasteiger partial charge in [-0.15, -0.1) is 11.6 Å². The quantitative estimate of drug-likeness (QED) is 0.747. The van der Waals surface area contributed by atoms with E-state index in [1.165, 1.54) is 6.42 Å². The summed E-state index contributed by atoms with van der Waals surface area (Å²) in [4.78, 5) is 11.8. The average Bonchev–Trinajstić information content (AvgIpc) is 2.37. The fourth-order valence-electron chi connectivity index (χ4n) is 1.94. The van der Waals surface area contributed by atoms with Gasteiger partial charge in [0.2, 0.25) is 5.91 Å². The highest BCUT2D eigenvalue weighted by atomic mass is 35.5. The largest absolute Gasteiger partial charge is 0.378 e. The number of halogens is 1. The van der Waals surface area contributed by atoms with Crippen molar-refractivity contribution in [3.05, 3.63) is 0 Å². The Kier molecular flexibility index (Phi) is 6.28. The van der Waals surface area contributed by atoms with Crippen molar-refractivity contribution in [2.24, 2.45) is 0 Å². The van der Waals surface area contributed by atoms with Crippen molar-refractivity contribution < 1.29 is 9.53 Å². The Morgan fingerprint density at radius 3 is 2.82 bits per heavy atom. The molecule has 0 aromatic carbocycles. The molecule has 1 fully saturated rings. The molecule has 0 saturated carbocycles. The maximum atomic E-state index is 11.8. The highest BCUT2D eigenvalue weighted by Gasteiger charge is 2.23. The minimum Gasteiger partial charge on any atom is -0.378 e. The van der Waals surface area contributed by atoms with E-state index in [0.29, 0.717) is 12.3 Å². The van der Waals surface area contributed by atoms with Gasteiger partial charge in [0, 0.05) is 18.9 Å². The Morgan fingerprint density at radius 2 is 2.29 bits per heavy atom. The zero-order chi connectivity index (χ0) is 12.7. The van der Waals surface area contributed by atoms with Gasteiger partial charge in [-0.05, 0) is 39.0 Å². The van der Waals surface area contributed by atoms with Crippen molar-refractivity contribution >= 4 is 17.5 Å². The van der Waals surface area contributed by atoms with Gasteiger partial charge in [-0.25, -0.2) is 0 Å². The number of carbonyl (C=O) groups excluding carboxylic acids is 1. The van der Waals surface area contributed by atoms with Gasteiger partial charge in [-0.3, -0.25) is 4.79 Å². The molecule has 0 radical (unpaired) electrons. The zero-order valence-electron chi connectivity index (χ0n) is 10.9. The molecular formula is C13H24ClNO2. The molecule has 17 heavy (non-hydrogen) atoms. The fourth-order valence-corrected chi connectivity index (χ4v) is 2.20. The Hall–Kier alpha value is -0.280. The van der Waals surface area contributed by atoms with E-state index in [0.717, 1.165) is 32.3 Å². The molecule has 0 aromatic heterocycles. The number of nitrogens with one attached hydrogen (secondary N) is 1. The van der Waals surface area contributed by atoms with Crippen molar-refractivity contribution in [3.63, 3.8) is 0 Å². The molecule has 1 N–H and O–H groups in total. The second kappa shape index (κ2) is 7.22. The third kappa shape index (κ3) is 5.26. The van der Waals surface area contributed by atoms with Gasteiger partial charge in [-0.1, -0.05) is 6.92 Å². The molecule has 2 atom stereocenters. The van der Waals surface area contributed by atoms with Crippen LogP contribution in [0.5, 0.6) is 0 Å². The molecule has 0 bridgehead atoms. The van der Waals surface area contributed by atoms with Crippen LogP contribution in [0.3, 0.4) is 0 Å². The fraction of sp³-hybridized carbons (Fsp3) is 0.923. The van der Waals surface area contributed by atoms with Crippen LogP contribution in [0.25, 0.3) is 0 Å². The predicted molar refractivity (Wildman–Crippen MR) is 70.4 cm³/mol. The number of carbonyl (C=O) groups is 1. The summed E-state index contributed by atoms with van der Waals surface area (Å²) in [5.74, 6) is 0.541. The van der Waals surface area contributed by atoms with Gasteiger partial charge in [0.05, 0.1) is 11.6 Å². The van der Waals surface area contributed by atoms with E-state index >= 15 is 0 Å². The van der Waals surface area contributed by atoms with Gasteiger partial charge in [0.1, 0.15) is 0 Å². The van der Waals surface area contributed by atoms with Gasteiger partial charge in [0.25, 0.3) is 0 Å². The minimum absolute atomic E-state index is 0.0872. The van der Waals surface area contributed by atoms with Crippen LogP contribution in [-0.4, -0.2) is 30.0 Å². The summed E-state index contributed by atoms with van der Waals surface area (Å²) in [6.45, 7) is 4.86. The monoisotopic (exact) mass is 261 g/mol. The lowest BCUT2D eigenvalue weighted by atomic mass is 10.0. The molecule has 100 valence electrons. The van der Waals surface area contributed by atoms with Crippen LogP contribution in [0.15, 0.2) is 0 Å². The van der Waals surface area contributed by atoms with Crippen molar-refractivity contribution in [1.82, 2.24) is 5.32 Å². The van der Waals surface area contributed by atoms with Crippen LogP contribution in [0, 0.1) is 0 Å². The lowest BCUT2D eigenvalue weighted by Crippen LogP contribution is -2.47. The van der Waals surface area contributed by atoms with E-state index in [2.05, 4.69) is 5.32 Å². The number of ether oxygens (including phenoxy) is 1. The van der Waals surface area contributed by atoms with E-state index in [-0.39, 0.29) is 17.6 Å². The molecule has 1 amide bonds. The van der Waals surface area contributed by atoms with E-state index in [9.17, 15) is 4.79 Å². The summed E-state index contributed by atoms with van der Waals surface area (Å²) in [6, 6.07) is 0. The maximum Gasteiger partial charge on any atom is 0.220 e. The van der Waals surface area contributed by atoms with Crippen LogP contribution in [0.1, 0.15) is 52.4 Å². The minimum atomic E-state index is -0.272. The van der Waals surface area contributed by atoms with E-state index in [4.69, 9.17) is 16.3 Å². The molecule has 1 aliphatic heterocycles. The molecule has 3 nitrogen and oxygen atoms in total. The van der Waals surface area contributed by atoms with Gasteiger partial charge in [0.15, 0.2) is 0 Å². The summed E-state index contributed by atoms with van der Waals surface area (Å²) < 4.78 is 5.61. The molecule has 1 heterocycles. The number of hydrogen-bond acceptors (Lipinski definition) is 2. The molecule has 1 rings (SSSR count).